The molecule has 2 N–H and O–H groups in total. The van der Waals surface area contributed by atoms with Crippen LogP contribution >= 0.6 is 0 Å². The summed E-state index contributed by atoms with van der Waals surface area (Å²) in [6.45, 7) is 10.2. The fourth-order valence-electron chi connectivity index (χ4n) is 1.35. The van der Waals surface area contributed by atoms with Crippen molar-refractivity contribution in [3.63, 3.8) is 0 Å². The molecule has 0 radical (unpaired) electrons. The molecular formula is C12H26N2O. The van der Waals surface area contributed by atoms with E-state index >= 15 is 0 Å². The molecule has 0 rings (SSSR count). The lowest BCUT2D eigenvalue weighted by Crippen LogP contribution is -2.53. The molecule has 1 amide bonds. The summed E-state index contributed by atoms with van der Waals surface area (Å²) < 4.78 is 0. The molecule has 0 aromatic rings. The smallest absolute Gasteiger partial charge is 0.239 e. The van der Waals surface area contributed by atoms with Gasteiger partial charge in [0.1, 0.15) is 0 Å². The molecular weight excluding hydrogens is 188 g/mol. The van der Waals surface area contributed by atoms with E-state index in [0.29, 0.717) is 5.92 Å². The van der Waals surface area contributed by atoms with Gasteiger partial charge < -0.3 is 10.6 Å². The number of amides is 1. The highest BCUT2D eigenvalue weighted by Crippen LogP contribution is 2.10. The molecule has 0 aliphatic heterocycles. The topological polar surface area (TPSA) is 41.1 Å². The molecule has 0 spiro atoms. The number of nitrogens with one attached hydrogen (secondary N) is 2. The molecule has 2 atom stereocenters. The van der Waals surface area contributed by atoms with E-state index in [4.69, 9.17) is 0 Å². The average Bonchev–Trinajstić information content (AvgIpc) is 2.17. The van der Waals surface area contributed by atoms with E-state index in [1.54, 1.807) is 7.05 Å². The molecule has 3 nitrogen and oxygen atoms in total. The lowest BCUT2D eigenvalue weighted by molar-refractivity contribution is -0.126. The van der Waals surface area contributed by atoms with Gasteiger partial charge in [-0.05, 0) is 40.2 Å². The lowest BCUT2D eigenvalue weighted by atomic mass is 9.99. The van der Waals surface area contributed by atoms with Crippen LogP contribution in [0.5, 0.6) is 0 Å². The van der Waals surface area contributed by atoms with E-state index in [1.807, 2.05) is 13.8 Å². The summed E-state index contributed by atoms with van der Waals surface area (Å²) in [5, 5.41) is 6.04. The van der Waals surface area contributed by atoms with Crippen molar-refractivity contribution >= 4 is 5.91 Å². The summed E-state index contributed by atoms with van der Waals surface area (Å²) in [7, 11) is 1.80. The molecule has 15 heavy (non-hydrogen) atoms. The maximum Gasteiger partial charge on any atom is 0.239 e. The molecule has 0 bridgehead atoms. The first-order chi connectivity index (χ1) is 6.83. The second-order valence-corrected chi connectivity index (χ2v) is 5.00. The van der Waals surface area contributed by atoms with Crippen molar-refractivity contribution in [2.75, 3.05) is 7.05 Å². The number of carbonyl (C=O) groups is 1. The van der Waals surface area contributed by atoms with Gasteiger partial charge in [0.05, 0.1) is 5.54 Å². The number of likely N-dealkylation sites (N-methyl/N-ethyl adjacent to an activating group) is 1. The minimum absolute atomic E-state index is 0.0702. The Hall–Kier alpha value is -0.570. The maximum atomic E-state index is 11.8. The van der Waals surface area contributed by atoms with Crippen LogP contribution in [0.3, 0.4) is 0 Å². The van der Waals surface area contributed by atoms with Crippen LogP contribution < -0.4 is 10.6 Å². The number of hydrogen-bond acceptors (Lipinski definition) is 2. The van der Waals surface area contributed by atoms with E-state index in [0.717, 1.165) is 12.8 Å². The van der Waals surface area contributed by atoms with Crippen molar-refractivity contribution in [3.8, 4) is 0 Å². The first-order valence-corrected chi connectivity index (χ1v) is 5.83. The quantitative estimate of drug-likeness (QED) is 0.709. The number of rotatable bonds is 6. The zero-order valence-electron chi connectivity index (χ0n) is 11.0. The molecule has 0 heterocycles. The van der Waals surface area contributed by atoms with Crippen molar-refractivity contribution in [3.05, 3.63) is 0 Å². The average molecular weight is 214 g/mol. The Labute approximate surface area is 94.0 Å². The van der Waals surface area contributed by atoms with Crippen molar-refractivity contribution in [2.24, 2.45) is 5.92 Å². The van der Waals surface area contributed by atoms with Crippen molar-refractivity contribution in [1.29, 1.82) is 0 Å². The van der Waals surface area contributed by atoms with Gasteiger partial charge in [-0.3, -0.25) is 4.79 Å². The Morgan fingerprint density at radius 1 is 1.33 bits per heavy atom. The first kappa shape index (κ1) is 14.4. The van der Waals surface area contributed by atoms with Gasteiger partial charge in [0.15, 0.2) is 0 Å². The van der Waals surface area contributed by atoms with Gasteiger partial charge in [0, 0.05) is 6.04 Å². The Morgan fingerprint density at radius 2 is 1.87 bits per heavy atom. The largest absolute Gasteiger partial charge is 0.352 e. The van der Waals surface area contributed by atoms with Crippen LogP contribution in [-0.2, 0) is 4.79 Å². The van der Waals surface area contributed by atoms with Gasteiger partial charge in [-0.15, -0.1) is 0 Å². The SMILES string of the molecule is CCC(C)CC(C)NC(=O)C(C)(C)NC. The van der Waals surface area contributed by atoms with E-state index in [9.17, 15) is 4.79 Å². The predicted molar refractivity (Wildman–Crippen MR) is 64.8 cm³/mol. The van der Waals surface area contributed by atoms with Gasteiger partial charge in [-0.25, -0.2) is 0 Å². The van der Waals surface area contributed by atoms with Crippen LogP contribution in [0.25, 0.3) is 0 Å². The summed E-state index contributed by atoms with van der Waals surface area (Å²) in [6, 6.07) is 0.250. The van der Waals surface area contributed by atoms with Crippen molar-refractivity contribution in [1.82, 2.24) is 10.6 Å². The van der Waals surface area contributed by atoms with Gasteiger partial charge in [-0.1, -0.05) is 20.3 Å². The summed E-state index contributed by atoms with van der Waals surface area (Å²) in [5.41, 5.74) is -0.482. The van der Waals surface area contributed by atoms with Crippen LogP contribution in [-0.4, -0.2) is 24.5 Å². The third kappa shape index (κ3) is 5.17. The monoisotopic (exact) mass is 214 g/mol. The van der Waals surface area contributed by atoms with E-state index < -0.39 is 5.54 Å². The molecule has 0 aliphatic carbocycles. The zero-order valence-corrected chi connectivity index (χ0v) is 11.0. The van der Waals surface area contributed by atoms with Crippen LogP contribution in [0.15, 0.2) is 0 Å². The van der Waals surface area contributed by atoms with Gasteiger partial charge in [0.2, 0.25) is 5.91 Å². The second kappa shape index (κ2) is 6.11. The third-order valence-corrected chi connectivity index (χ3v) is 3.02. The second-order valence-electron chi connectivity index (χ2n) is 5.00. The van der Waals surface area contributed by atoms with E-state index in [-0.39, 0.29) is 11.9 Å². The fraction of sp³-hybridized carbons (Fsp3) is 0.917. The molecule has 2 unspecified atom stereocenters. The Bertz CT molecular complexity index is 202. The predicted octanol–water partition coefficient (Wildman–Crippen LogP) is 1.93. The molecule has 0 aromatic carbocycles. The first-order valence-electron chi connectivity index (χ1n) is 5.83. The molecule has 0 saturated carbocycles. The fourth-order valence-corrected chi connectivity index (χ4v) is 1.35. The standard InChI is InChI=1S/C12H26N2O/c1-7-9(2)8-10(3)14-11(15)12(4,5)13-6/h9-10,13H,7-8H2,1-6H3,(H,14,15). The Morgan fingerprint density at radius 3 is 2.27 bits per heavy atom. The van der Waals surface area contributed by atoms with Gasteiger partial charge in [0.25, 0.3) is 0 Å². The molecule has 0 saturated heterocycles. The normalized spacial score (nSPS) is 15.9. The number of carbonyl (C=O) groups excluding carboxylic acids is 1. The van der Waals surface area contributed by atoms with Crippen molar-refractivity contribution in [2.45, 2.75) is 59.0 Å². The van der Waals surface area contributed by atoms with Crippen LogP contribution in [0, 0.1) is 5.92 Å². The summed E-state index contributed by atoms with van der Waals surface area (Å²) in [4.78, 5) is 11.8. The van der Waals surface area contributed by atoms with Crippen LogP contribution in [0.1, 0.15) is 47.5 Å². The highest BCUT2D eigenvalue weighted by atomic mass is 16.2. The van der Waals surface area contributed by atoms with Gasteiger partial charge >= 0.3 is 0 Å². The summed E-state index contributed by atoms with van der Waals surface area (Å²) >= 11 is 0. The van der Waals surface area contributed by atoms with Crippen LogP contribution in [0.2, 0.25) is 0 Å². The third-order valence-electron chi connectivity index (χ3n) is 3.02. The van der Waals surface area contributed by atoms with Gasteiger partial charge in [-0.2, -0.15) is 0 Å². The molecule has 90 valence electrons. The van der Waals surface area contributed by atoms with E-state index in [1.165, 1.54) is 0 Å². The minimum Gasteiger partial charge on any atom is -0.352 e. The lowest BCUT2D eigenvalue weighted by Gasteiger charge is -2.26. The van der Waals surface area contributed by atoms with Crippen molar-refractivity contribution < 1.29 is 4.79 Å². The van der Waals surface area contributed by atoms with Crippen LogP contribution in [0.4, 0.5) is 0 Å². The molecule has 0 aromatic heterocycles. The molecule has 0 fully saturated rings. The zero-order chi connectivity index (χ0) is 12.1. The highest BCUT2D eigenvalue weighted by molar-refractivity contribution is 5.85. The molecule has 0 aliphatic rings. The molecule has 3 heteroatoms. The summed E-state index contributed by atoms with van der Waals surface area (Å²) in [5.74, 6) is 0.735. The van der Waals surface area contributed by atoms with E-state index in [2.05, 4.69) is 31.4 Å². The Balaban J connectivity index is 4.07. The minimum atomic E-state index is -0.482. The number of hydrogen-bond donors (Lipinski definition) is 2. The Kier molecular flexibility index (Phi) is 5.88. The maximum absolute atomic E-state index is 11.8. The summed E-state index contributed by atoms with van der Waals surface area (Å²) in [6.07, 6.45) is 2.21. The highest BCUT2D eigenvalue weighted by Gasteiger charge is 2.26.